The van der Waals surface area contributed by atoms with Gasteiger partial charge in [-0.3, -0.25) is 4.79 Å². The third kappa shape index (κ3) is 4.97. The molecule has 0 aliphatic carbocycles. The van der Waals surface area contributed by atoms with Crippen molar-refractivity contribution in [2.75, 3.05) is 5.32 Å². The molecule has 4 nitrogen and oxygen atoms in total. The van der Waals surface area contributed by atoms with Crippen LogP contribution in [-0.4, -0.2) is 16.9 Å². The van der Waals surface area contributed by atoms with Crippen LogP contribution in [0.2, 0.25) is 5.02 Å². The van der Waals surface area contributed by atoms with E-state index in [9.17, 15) is 4.79 Å². The molecule has 0 saturated heterocycles. The van der Waals surface area contributed by atoms with Gasteiger partial charge in [-0.15, -0.1) is 23.7 Å². The number of amides is 1. The van der Waals surface area contributed by atoms with E-state index in [-0.39, 0.29) is 18.3 Å². The molecule has 0 radical (unpaired) electrons. The number of nitrogens with zero attached hydrogens (tertiary/aromatic N) is 1. The molecule has 1 heterocycles. The number of nitrogens with two attached hydrogens (primary N) is 1. The molecular formula is C14H17Cl2N3OS. The zero-order valence-corrected chi connectivity index (χ0v) is 14.1. The third-order valence-corrected chi connectivity index (χ3v) is 4.10. The van der Waals surface area contributed by atoms with Gasteiger partial charge in [-0.05, 0) is 31.5 Å². The van der Waals surface area contributed by atoms with E-state index in [1.807, 2.05) is 31.2 Å². The fourth-order valence-corrected chi connectivity index (χ4v) is 2.91. The van der Waals surface area contributed by atoms with Crippen molar-refractivity contribution in [1.29, 1.82) is 0 Å². The predicted molar refractivity (Wildman–Crippen MR) is 90.6 cm³/mol. The molecule has 114 valence electrons. The van der Waals surface area contributed by atoms with Gasteiger partial charge in [-0.25, -0.2) is 4.98 Å². The summed E-state index contributed by atoms with van der Waals surface area (Å²) in [5, 5.41) is 4.02. The van der Waals surface area contributed by atoms with Gasteiger partial charge in [0, 0.05) is 16.3 Å². The number of thiazole rings is 1. The largest absolute Gasteiger partial charge is 0.320 e. The summed E-state index contributed by atoms with van der Waals surface area (Å²) in [7, 11) is 0. The maximum Gasteiger partial charge on any atom is 0.242 e. The van der Waals surface area contributed by atoms with E-state index in [1.54, 1.807) is 6.92 Å². The fraction of sp³-hybridized carbons (Fsp3) is 0.286. The Kier molecular flexibility index (Phi) is 6.61. The fourth-order valence-electron chi connectivity index (χ4n) is 1.70. The lowest BCUT2D eigenvalue weighted by atomic mass is 10.1. The summed E-state index contributed by atoms with van der Waals surface area (Å²) in [6.07, 6.45) is 0.748. The zero-order chi connectivity index (χ0) is 14.7. The maximum atomic E-state index is 11.5. The molecule has 3 N–H and O–H groups in total. The van der Waals surface area contributed by atoms with Gasteiger partial charge in [0.05, 0.1) is 11.7 Å². The monoisotopic (exact) mass is 345 g/mol. The van der Waals surface area contributed by atoms with E-state index in [4.69, 9.17) is 17.3 Å². The van der Waals surface area contributed by atoms with Gasteiger partial charge in [-0.1, -0.05) is 23.7 Å². The van der Waals surface area contributed by atoms with Crippen molar-refractivity contribution in [2.45, 2.75) is 26.3 Å². The standard InChI is InChI=1S/C14H16ClN3OS.ClH/c1-8(16)13(19)18-14-17-9(2)12(20-14)7-10-4-3-5-11(15)6-10;/h3-6,8H,7,16H2,1-2H3,(H,17,18,19);1H/t8-;/m0./s1. The van der Waals surface area contributed by atoms with Gasteiger partial charge in [-0.2, -0.15) is 0 Å². The van der Waals surface area contributed by atoms with E-state index in [0.717, 1.165) is 27.6 Å². The molecule has 1 amide bonds. The van der Waals surface area contributed by atoms with Crippen molar-refractivity contribution in [3.63, 3.8) is 0 Å². The highest BCUT2D eigenvalue weighted by atomic mass is 35.5. The lowest BCUT2D eigenvalue weighted by Gasteiger charge is -2.03. The predicted octanol–water partition coefficient (Wildman–Crippen LogP) is 3.40. The molecule has 2 aromatic rings. The first-order chi connectivity index (χ1) is 9.45. The van der Waals surface area contributed by atoms with Gasteiger partial charge in [0.25, 0.3) is 0 Å². The molecule has 7 heteroatoms. The highest BCUT2D eigenvalue weighted by molar-refractivity contribution is 7.15. The molecule has 0 aliphatic heterocycles. The highest BCUT2D eigenvalue weighted by Crippen LogP contribution is 2.26. The van der Waals surface area contributed by atoms with E-state index in [0.29, 0.717) is 5.13 Å². The van der Waals surface area contributed by atoms with Crippen LogP contribution in [0.25, 0.3) is 0 Å². The van der Waals surface area contributed by atoms with Crippen LogP contribution in [0.4, 0.5) is 5.13 Å². The Labute approximate surface area is 139 Å². The Balaban J connectivity index is 0.00000220. The second kappa shape index (κ2) is 7.75. The van der Waals surface area contributed by atoms with Crippen molar-refractivity contribution in [1.82, 2.24) is 4.98 Å². The number of nitrogens with one attached hydrogen (secondary N) is 1. The first-order valence-electron chi connectivity index (χ1n) is 6.23. The molecule has 0 saturated carbocycles. The number of halogens is 2. The SMILES string of the molecule is Cc1nc(NC(=O)[C@H](C)N)sc1Cc1cccc(Cl)c1.Cl. The Morgan fingerprint density at radius 3 is 2.86 bits per heavy atom. The summed E-state index contributed by atoms with van der Waals surface area (Å²) < 4.78 is 0. The first-order valence-corrected chi connectivity index (χ1v) is 7.42. The lowest BCUT2D eigenvalue weighted by Crippen LogP contribution is -2.32. The quantitative estimate of drug-likeness (QED) is 0.892. The molecule has 0 aliphatic rings. The second-order valence-corrected chi connectivity index (χ2v) is 6.13. The highest BCUT2D eigenvalue weighted by Gasteiger charge is 2.13. The summed E-state index contributed by atoms with van der Waals surface area (Å²) in [4.78, 5) is 17.0. The second-order valence-electron chi connectivity index (χ2n) is 4.61. The van der Waals surface area contributed by atoms with Crippen LogP contribution in [0.5, 0.6) is 0 Å². The normalized spacial score (nSPS) is 11.6. The van der Waals surface area contributed by atoms with Crippen molar-refractivity contribution >= 4 is 46.4 Å². The lowest BCUT2D eigenvalue weighted by molar-refractivity contribution is -0.117. The summed E-state index contributed by atoms with van der Waals surface area (Å²) in [6.45, 7) is 3.57. The summed E-state index contributed by atoms with van der Waals surface area (Å²) >= 11 is 7.44. The molecule has 0 bridgehead atoms. The zero-order valence-electron chi connectivity index (χ0n) is 11.7. The molecule has 1 aromatic heterocycles. The van der Waals surface area contributed by atoms with Crippen molar-refractivity contribution in [3.8, 4) is 0 Å². The van der Waals surface area contributed by atoms with E-state index in [1.165, 1.54) is 11.3 Å². The number of benzene rings is 1. The van der Waals surface area contributed by atoms with Gasteiger partial charge in [0.15, 0.2) is 5.13 Å². The van der Waals surface area contributed by atoms with Crippen LogP contribution >= 0.6 is 35.3 Å². The average molecular weight is 346 g/mol. The van der Waals surface area contributed by atoms with Gasteiger partial charge >= 0.3 is 0 Å². The average Bonchev–Trinajstić information content (AvgIpc) is 2.69. The number of anilines is 1. The third-order valence-electron chi connectivity index (χ3n) is 2.79. The number of aromatic nitrogens is 1. The van der Waals surface area contributed by atoms with Crippen LogP contribution < -0.4 is 11.1 Å². The maximum absolute atomic E-state index is 11.5. The van der Waals surface area contributed by atoms with Gasteiger partial charge in [0.2, 0.25) is 5.91 Å². The molecular weight excluding hydrogens is 329 g/mol. The minimum Gasteiger partial charge on any atom is -0.320 e. The molecule has 2 rings (SSSR count). The summed E-state index contributed by atoms with van der Waals surface area (Å²) in [6, 6.07) is 7.17. The molecule has 1 atom stereocenters. The Morgan fingerprint density at radius 2 is 2.24 bits per heavy atom. The van der Waals surface area contributed by atoms with Crippen molar-refractivity contribution in [3.05, 3.63) is 45.4 Å². The van der Waals surface area contributed by atoms with Crippen LogP contribution in [0.1, 0.15) is 23.1 Å². The smallest absolute Gasteiger partial charge is 0.242 e. The summed E-state index contributed by atoms with van der Waals surface area (Å²) in [5.74, 6) is -0.229. The minimum atomic E-state index is -0.546. The number of hydrogen-bond donors (Lipinski definition) is 2. The Morgan fingerprint density at radius 1 is 1.52 bits per heavy atom. The minimum absolute atomic E-state index is 0. The number of aryl methyl sites for hydroxylation is 1. The van der Waals surface area contributed by atoms with Crippen molar-refractivity contribution < 1.29 is 4.79 Å². The number of carbonyl (C=O) groups excluding carboxylic acids is 1. The Bertz CT molecular complexity index is 628. The molecule has 1 aromatic carbocycles. The van der Waals surface area contributed by atoms with E-state index < -0.39 is 6.04 Å². The van der Waals surface area contributed by atoms with E-state index >= 15 is 0 Å². The molecule has 0 unspecified atom stereocenters. The van der Waals surface area contributed by atoms with Crippen LogP contribution in [0.15, 0.2) is 24.3 Å². The van der Waals surface area contributed by atoms with Crippen LogP contribution in [-0.2, 0) is 11.2 Å². The first kappa shape index (κ1) is 17.9. The van der Waals surface area contributed by atoms with Crippen molar-refractivity contribution in [2.24, 2.45) is 5.73 Å². The topological polar surface area (TPSA) is 68.0 Å². The molecule has 21 heavy (non-hydrogen) atoms. The number of hydrogen-bond acceptors (Lipinski definition) is 4. The van der Waals surface area contributed by atoms with E-state index in [2.05, 4.69) is 10.3 Å². The van der Waals surface area contributed by atoms with Gasteiger partial charge < -0.3 is 11.1 Å². The summed E-state index contributed by atoms with van der Waals surface area (Å²) in [5.41, 5.74) is 7.55. The Hall–Kier alpha value is -1.14. The molecule has 0 fully saturated rings. The molecule has 0 spiro atoms. The van der Waals surface area contributed by atoms with Gasteiger partial charge in [0.1, 0.15) is 0 Å². The number of carbonyl (C=O) groups is 1. The number of rotatable bonds is 4. The van der Waals surface area contributed by atoms with Crippen LogP contribution in [0, 0.1) is 6.92 Å². The van der Waals surface area contributed by atoms with Crippen LogP contribution in [0.3, 0.4) is 0 Å².